The number of nitrogens with one attached hydrogen (secondary N) is 2. The predicted molar refractivity (Wildman–Crippen MR) is 87.7 cm³/mol. The first kappa shape index (κ1) is 15.9. The molecule has 0 fully saturated rings. The zero-order valence-corrected chi connectivity index (χ0v) is 13.3. The van der Waals surface area contributed by atoms with Crippen LogP contribution in [0.3, 0.4) is 0 Å². The van der Waals surface area contributed by atoms with Crippen molar-refractivity contribution in [1.82, 2.24) is 15.3 Å². The van der Waals surface area contributed by atoms with E-state index in [-0.39, 0.29) is 5.91 Å². The van der Waals surface area contributed by atoms with Crippen molar-refractivity contribution < 1.29 is 4.79 Å². The van der Waals surface area contributed by atoms with Gasteiger partial charge in [-0.3, -0.25) is 4.79 Å². The Morgan fingerprint density at radius 2 is 2.09 bits per heavy atom. The predicted octanol–water partition coefficient (Wildman–Crippen LogP) is 2.78. The van der Waals surface area contributed by atoms with Gasteiger partial charge in [0.1, 0.15) is 5.69 Å². The standard InChI is InChI=1S/C17H22N4O/c1-12(2)10-20-17-18-8-7-15(21-17)16(22)19-11-14-6-4-5-13(3)9-14/h4-9,12H,10-11H2,1-3H3,(H,19,22)(H,18,20,21). The number of rotatable bonds is 6. The lowest BCUT2D eigenvalue weighted by atomic mass is 10.1. The molecule has 0 atom stereocenters. The maximum absolute atomic E-state index is 12.2. The molecule has 0 aliphatic carbocycles. The molecule has 5 nitrogen and oxygen atoms in total. The number of aryl methyl sites for hydroxylation is 1. The van der Waals surface area contributed by atoms with E-state index in [1.165, 1.54) is 5.56 Å². The van der Waals surface area contributed by atoms with Gasteiger partial charge in [0.2, 0.25) is 5.95 Å². The first-order chi connectivity index (χ1) is 10.5. The highest BCUT2D eigenvalue weighted by atomic mass is 16.1. The third-order valence-electron chi connectivity index (χ3n) is 3.09. The minimum atomic E-state index is -0.198. The van der Waals surface area contributed by atoms with E-state index in [2.05, 4.69) is 40.5 Å². The topological polar surface area (TPSA) is 66.9 Å². The van der Waals surface area contributed by atoms with Crippen LogP contribution < -0.4 is 10.6 Å². The van der Waals surface area contributed by atoms with Crippen molar-refractivity contribution in [3.63, 3.8) is 0 Å². The van der Waals surface area contributed by atoms with Crippen LogP contribution in [-0.2, 0) is 6.54 Å². The maximum atomic E-state index is 12.2. The largest absolute Gasteiger partial charge is 0.354 e. The Kier molecular flexibility index (Phi) is 5.47. The van der Waals surface area contributed by atoms with Crippen LogP contribution in [0.5, 0.6) is 0 Å². The van der Waals surface area contributed by atoms with Gasteiger partial charge < -0.3 is 10.6 Å². The molecule has 22 heavy (non-hydrogen) atoms. The van der Waals surface area contributed by atoms with Gasteiger partial charge in [-0.2, -0.15) is 0 Å². The molecule has 0 aliphatic rings. The number of carbonyl (C=O) groups is 1. The average Bonchev–Trinajstić information content (AvgIpc) is 2.51. The summed E-state index contributed by atoms with van der Waals surface area (Å²) in [7, 11) is 0. The second kappa shape index (κ2) is 7.54. The SMILES string of the molecule is Cc1cccc(CNC(=O)c2ccnc(NCC(C)C)n2)c1. The summed E-state index contributed by atoms with van der Waals surface area (Å²) in [6.07, 6.45) is 1.59. The van der Waals surface area contributed by atoms with Gasteiger partial charge in [0.15, 0.2) is 0 Å². The third-order valence-corrected chi connectivity index (χ3v) is 3.09. The van der Waals surface area contributed by atoms with Crippen molar-refractivity contribution in [3.05, 3.63) is 53.3 Å². The second-order valence-corrected chi connectivity index (χ2v) is 5.71. The highest BCUT2D eigenvalue weighted by molar-refractivity contribution is 5.92. The van der Waals surface area contributed by atoms with Crippen molar-refractivity contribution in [2.24, 2.45) is 5.92 Å². The summed E-state index contributed by atoms with van der Waals surface area (Å²) in [5.41, 5.74) is 2.61. The molecular weight excluding hydrogens is 276 g/mol. The molecule has 1 amide bonds. The Hall–Kier alpha value is -2.43. The van der Waals surface area contributed by atoms with Crippen LogP contribution in [-0.4, -0.2) is 22.4 Å². The highest BCUT2D eigenvalue weighted by Gasteiger charge is 2.08. The molecule has 5 heteroatoms. The fourth-order valence-corrected chi connectivity index (χ4v) is 1.96. The number of hydrogen-bond acceptors (Lipinski definition) is 4. The smallest absolute Gasteiger partial charge is 0.270 e. The molecule has 116 valence electrons. The van der Waals surface area contributed by atoms with E-state index in [1.54, 1.807) is 12.3 Å². The molecule has 2 rings (SSSR count). The van der Waals surface area contributed by atoms with Crippen molar-refractivity contribution in [2.45, 2.75) is 27.3 Å². The van der Waals surface area contributed by atoms with E-state index < -0.39 is 0 Å². The lowest BCUT2D eigenvalue weighted by Gasteiger charge is -2.09. The van der Waals surface area contributed by atoms with E-state index in [9.17, 15) is 4.79 Å². The summed E-state index contributed by atoms with van der Waals surface area (Å²) in [5, 5.41) is 6.00. The molecule has 2 aromatic rings. The van der Waals surface area contributed by atoms with Gasteiger partial charge in [0.25, 0.3) is 5.91 Å². The van der Waals surface area contributed by atoms with Crippen LogP contribution in [0.1, 0.15) is 35.5 Å². The molecule has 0 saturated carbocycles. The number of hydrogen-bond donors (Lipinski definition) is 2. The zero-order valence-electron chi connectivity index (χ0n) is 13.3. The summed E-state index contributed by atoms with van der Waals surface area (Å²) in [5.74, 6) is 0.774. The number of benzene rings is 1. The van der Waals surface area contributed by atoms with Gasteiger partial charge in [0, 0.05) is 19.3 Å². The molecule has 1 aromatic carbocycles. The van der Waals surface area contributed by atoms with Crippen LogP contribution in [0.2, 0.25) is 0 Å². The Bertz CT molecular complexity index is 640. The Morgan fingerprint density at radius 3 is 2.82 bits per heavy atom. The van der Waals surface area contributed by atoms with Crippen LogP contribution in [0.4, 0.5) is 5.95 Å². The molecule has 0 saturated heterocycles. The summed E-state index contributed by atoms with van der Waals surface area (Å²) in [6.45, 7) is 7.49. The number of nitrogens with zero attached hydrogens (tertiary/aromatic N) is 2. The normalized spacial score (nSPS) is 10.5. The first-order valence-electron chi connectivity index (χ1n) is 7.45. The van der Waals surface area contributed by atoms with E-state index in [4.69, 9.17) is 0 Å². The molecule has 0 unspecified atom stereocenters. The van der Waals surface area contributed by atoms with E-state index in [0.29, 0.717) is 24.1 Å². The van der Waals surface area contributed by atoms with Gasteiger partial charge in [-0.25, -0.2) is 9.97 Å². The monoisotopic (exact) mass is 298 g/mol. The minimum absolute atomic E-state index is 0.198. The Morgan fingerprint density at radius 1 is 1.27 bits per heavy atom. The molecule has 1 heterocycles. The number of amides is 1. The van der Waals surface area contributed by atoms with Crippen LogP contribution in [0.25, 0.3) is 0 Å². The Balaban J connectivity index is 1.96. The van der Waals surface area contributed by atoms with E-state index in [0.717, 1.165) is 12.1 Å². The van der Waals surface area contributed by atoms with Crippen LogP contribution in [0.15, 0.2) is 36.5 Å². The van der Waals surface area contributed by atoms with Crippen molar-refractivity contribution in [2.75, 3.05) is 11.9 Å². The number of aromatic nitrogens is 2. The molecule has 1 aromatic heterocycles. The summed E-state index contributed by atoms with van der Waals surface area (Å²) >= 11 is 0. The van der Waals surface area contributed by atoms with Crippen molar-refractivity contribution >= 4 is 11.9 Å². The van der Waals surface area contributed by atoms with Gasteiger partial charge in [-0.05, 0) is 24.5 Å². The molecular formula is C17H22N4O. The molecule has 2 N–H and O–H groups in total. The van der Waals surface area contributed by atoms with E-state index in [1.807, 2.05) is 25.1 Å². The zero-order chi connectivity index (χ0) is 15.9. The lowest BCUT2D eigenvalue weighted by Crippen LogP contribution is -2.24. The maximum Gasteiger partial charge on any atom is 0.270 e. The minimum Gasteiger partial charge on any atom is -0.354 e. The molecule has 0 bridgehead atoms. The van der Waals surface area contributed by atoms with Crippen molar-refractivity contribution in [3.8, 4) is 0 Å². The molecule has 0 aliphatic heterocycles. The lowest BCUT2D eigenvalue weighted by molar-refractivity contribution is 0.0946. The van der Waals surface area contributed by atoms with Crippen LogP contribution >= 0.6 is 0 Å². The number of anilines is 1. The first-order valence-corrected chi connectivity index (χ1v) is 7.45. The molecule has 0 spiro atoms. The highest BCUT2D eigenvalue weighted by Crippen LogP contribution is 2.05. The summed E-state index contributed by atoms with van der Waals surface area (Å²) in [4.78, 5) is 20.5. The third kappa shape index (κ3) is 4.84. The fraction of sp³-hybridized carbons (Fsp3) is 0.353. The van der Waals surface area contributed by atoms with Crippen LogP contribution in [0, 0.1) is 12.8 Å². The second-order valence-electron chi connectivity index (χ2n) is 5.71. The summed E-state index contributed by atoms with van der Waals surface area (Å²) in [6, 6.07) is 9.67. The average molecular weight is 298 g/mol. The number of carbonyl (C=O) groups excluding carboxylic acids is 1. The summed E-state index contributed by atoms with van der Waals surface area (Å²) < 4.78 is 0. The Labute approximate surface area is 131 Å². The quantitative estimate of drug-likeness (QED) is 0.860. The van der Waals surface area contributed by atoms with Gasteiger partial charge in [-0.15, -0.1) is 0 Å². The molecule has 0 radical (unpaired) electrons. The van der Waals surface area contributed by atoms with E-state index >= 15 is 0 Å². The fourth-order valence-electron chi connectivity index (χ4n) is 1.96. The van der Waals surface area contributed by atoms with Gasteiger partial charge in [-0.1, -0.05) is 43.7 Å². The van der Waals surface area contributed by atoms with Gasteiger partial charge >= 0.3 is 0 Å². The van der Waals surface area contributed by atoms with Crippen molar-refractivity contribution in [1.29, 1.82) is 0 Å². The van der Waals surface area contributed by atoms with Gasteiger partial charge in [0.05, 0.1) is 0 Å².